The van der Waals surface area contributed by atoms with Crippen LogP contribution in [0.1, 0.15) is 24.9 Å². The highest BCUT2D eigenvalue weighted by atomic mass is 19.1. The molecule has 0 amide bonds. The molecule has 1 aromatic rings. The Kier molecular flexibility index (Phi) is 4.77. The summed E-state index contributed by atoms with van der Waals surface area (Å²) in [6.45, 7) is 4.40. The third kappa shape index (κ3) is 3.25. The number of ether oxygens (including phenoxy) is 1. The lowest BCUT2D eigenvalue weighted by atomic mass is 9.91. The zero-order valence-corrected chi connectivity index (χ0v) is 11.9. The maximum atomic E-state index is 14.0. The highest BCUT2D eigenvalue weighted by Crippen LogP contribution is 2.32. The molecule has 0 saturated carbocycles. The maximum Gasteiger partial charge on any atom is 0.165 e. The molecule has 1 aliphatic heterocycles. The first kappa shape index (κ1) is 14.3. The van der Waals surface area contributed by atoms with Crippen LogP contribution in [0.2, 0.25) is 0 Å². The van der Waals surface area contributed by atoms with E-state index in [1.807, 2.05) is 13.0 Å². The summed E-state index contributed by atoms with van der Waals surface area (Å²) < 4.78 is 19.2. The van der Waals surface area contributed by atoms with Crippen molar-refractivity contribution in [2.45, 2.75) is 19.4 Å². The molecule has 0 bridgehead atoms. The molecule has 106 valence electrons. The van der Waals surface area contributed by atoms with Gasteiger partial charge in [-0.05, 0) is 64.1 Å². The molecule has 1 aliphatic rings. The van der Waals surface area contributed by atoms with Crippen molar-refractivity contribution >= 4 is 0 Å². The second-order valence-corrected chi connectivity index (χ2v) is 5.28. The Morgan fingerprint density at radius 2 is 2.26 bits per heavy atom. The van der Waals surface area contributed by atoms with Gasteiger partial charge in [0.1, 0.15) is 0 Å². The number of benzene rings is 1. The smallest absolute Gasteiger partial charge is 0.165 e. The van der Waals surface area contributed by atoms with Gasteiger partial charge in [-0.2, -0.15) is 0 Å². The molecule has 3 nitrogen and oxygen atoms in total. The van der Waals surface area contributed by atoms with Crippen LogP contribution in [-0.4, -0.2) is 38.7 Å². The maximum absolute atomic E-state index is 14.0. The Labute approximate surface area is 114 Å². The Hall–Kier alpha value is -1.13. The summed E-state index contributed by atoms with van der Waals surface area (Å²) >= 11 is 0. The van der Waals surface area contributed by atoms with Crippen molar-refractivity contribution in [3.63, 3.8) is 0 Å². The van der Waals surface area contributed by atoms with Crippen molar-refractivity contribution in [3.05, 3.63) is 29.6 Å². The van der Waals surface area contributed by atoms with E-state index in [0.717, 1.165) is 25.1 Å². The third-order valence-corrected chi connectivity index (χ3v) is 3.70. The van der Waals surface area contributed by atoms with E-state index in [1.165, 1.54) is 0 Å². The molecule has 0 spiro atoms. The van der Waals surface area contributed by atoms with Gasteiger partial charge in [0.05, 0.1) is 6.61 Å². The van der Waals surface area contributed by atoms with Crippen LogP contribution in [0, 0.1) is 11.7 Å². The first-order chi connectivity index (χ1) is 9.13. The van der Waals surface area contributed by atoms with Crippen LogP contribution in [0.15, 0.2) is 18.2 Å². The Balaban J connectivity index is 2.24. The quantitative estimate of drug-likeness (QED) is 0.886. The van der Waals surface area contributed by atoms with Crippen molar-refractivity contribution in [3.8, 4) is 5.75 Å². The Morgan fingerprint density at radius 3 is 2.79 bits per heavy atom. The number of hydrogen-bond acceptors (Lipinski definition) is 3. The van der Waals surface area contributed by atoms with Crippen LogP contribution in [0.4, 0.5) is 4.39 Å². The average molecular weight is 266 g/mol. The largest absolute Gasteiger partial charge is 0.491 e. The monoisotopic (exact) mass is 266 g/mol. The highest BCUT2D eigenvalue weighted by molar-refractivity contribution is 5.31. The summed E-state index contributed by atoms with van der Waals surface area (Å²) in [5.74, 6) is 0.609. The fourth-order valence-electron chi connectivity index (χ4n) is 2.91. The van der Waals surface area contributed by atoms with Crippen molar-refractivity contribution in [2.24, 2.45) is 5.92 Å². The fourth-order valence-corrected chi connectivity index (χ4v) is 2.91. The summed E-state index contributed by atoms with van der Waals surface area (Å²) in [6, 6.07) is 5.60. The van der Waals surface area contributed by atoms with E-state index in [0.29, 0.717) is 18.3 Å². The predicted molar refractivity (Wildman–Crippen MR) is 75.0 cm³/mol. The molecule has 1 aromatic carbocycles. The van der Waals surface area contributed by atoms with Crippen molar-refractivity contribution in [2.75, 3.05) is 33.8 Å². The summed E-state index contributed by atoms with van der Waals surface area (Å²) in [7, 11) is 4.11. The summed E-state index contributed by atoms with van der Waals surface area (Å²) in [5.41, 5.74) is 1.03. The lowest BCUT2D eigenvalue weighted by Gasteiger charge is -2.30. The van der Waals surface area contributed by atoms with Gasteiger partial charge in [-0.3, -0.25) is 0 Å². The predicted octanol–water partition coefficient (Wildman–Crippen LogP) is 2.44. The number of nitrogens with one attached hydrogen (secondary N) is 1. The molecule has 1 N–H and O–H groups in total. The van der Waals surface area contributed by atoms with Crippen LogP contribution in [0.3, 0.4) is 0 Å². The first-order valence-electron chi connectivity index (χ1n) is 6.93. The SMILES string of the molecule is CCOc1ccc(C(C2CCNC2)N(C)C)cc1F. The minimum absolute atomic E-state index is 0.250. The van der Waals surface area contributed by atoms with Gasteiger partial charge in [-0.1, -0.05) is 6.07 Å². The summed E-state index contributed by atoms with van der Waals surface area (Å²) in [4.78, 5) is 2.17. The molecule has 1 fully saturated rings. The van der Waals surface area contributed by atoms with Gasteiger partial charge in [0.2, 0.25) is 0 Å². The van der Waals surface area contributed by atoms with Crippen molar-refractivity contribution in [1.29, 1.82) is 0 Å². The topological polar surface area (TPSA) is 24.5 Å². The normalized spacial score (nSPS) is 20.8. The average Bonchev–Trinajstić information content (AvgIpc) is 2.86. The molecule has 0 aliphatic carbocycles. The van der Waals surface area contributed by atoms with E-state index in [4.69, 9.17) is 4.74 Å². The zero-order valence-electron chi connectivity index (χ0n) is 11.9. The molecule has 0 aromatic heterocycles. The van der Waals surface area contributed by atoms with Crippen LogP contribution >= 0.6 is 0 Å². The van der Waals surface area contributed by atoms with Crippen molar-refractivity contribution in [1.82, 2.24) is 10.2 Å². The molecular formula is C15H23FN2O. The molecule has 2 unspecified atom stereocenters. The number of halogens is 1. The molecular weight excluding hydrogens is 243 g/mol. The second kappa shape index (κ2) is 6.35. The van der Waals surface area contributed by atoms with Crippen LogP contribution < -0.4 is 10.1 Å². The van der Waals surface area contributed by atoms with E-state index < -0.39 is 0 Å². The molecule has 2 atom stereocenters. The highest BCUT2D eigenvalue weighted by Gasteiger charge is 2.28. The van der Waals surface area contributed by atoms with Crippen LogP contribution in [0.25, 0.3) is 0 Å². The fraction of sp³-hybridized carbons (Fsp3) is 0.600. The van der Waals surface area contributed by atoms with Gasteiger partial charge in [0.25, 0.3) is 0 Å². The first-order valence-corrected chi connectivity index (χ1v) is 6.93. The van der Waals surface area contributed by atoms with E-state index in [9.17, 15) is 4.39 Å². The standard InChI is InChI=1S/C15H23FN2O/c1-4-19-14-6-5-11(9-13(14)16)15(18(2)3)12-7-8-17-10-12/h5-6,9,12,15,17H,4,7-8,10H2,1-3H3. The minimum Gasteiger partial charge on any atom is -0.491 e. The molecule has 2 rings (SSSR count). The van der Waals surface area contributed by atoms with E-state index in [2.05, 4.69) is 24.3 Å². The Morgan fingerprint density at radius 1 is 1.47 bits per heavy atom. The van der Waals surface area contributed by atoms with E-state index in [1.54, 1.807) is 12.1 Å². The van der Waals surface area contributed by atoms with Crippen LogP contribution in [0.5, 0.6) is 5.75 Å². The number of nitrogens with zero attached hydrogens (tertiary/aromatic N) is 1. The molecule has 19 heavy (non-hydrogen) atoms. The lowest BCUT2D eigenvalue weighted by Crippen LogP contribution is -2.29. The van der Waals surface area contributed by atoms with Gasteiger partial charge >= 0.3 is 0 Å². The molecule has 4 heteroatoms. The summed E-state index contributed by atoms with van der Waals surface area (Å²) in [6.07, 6.45) is 1.14. The van der Waals surface area contributed by atoms with Gasteiger partial charge in [0, 0.05) is 6.04 Å². The lowest BCUT2D eigenvalue weighted by molar-refractivity contribution is 0.222. The van der Waals surface area contributed by atoms with Crippen LogP contribution in [-0.2, 0) is 0 Å². The third-order valence-electron chi connectivity index (χ3n) is 3.70. The molecule has 1 heterocycles. The number of rotatable bonds is 5. The number of hydrogen-bond donors (Lipinski definition) is 1. The van der Waals surface area contributed by atoms with Gasteiger partial charge < -0.3 is 15.0 Å². The van der Waals surface area contributed by atoms with Gasteiger partial charge in [-0.25, -0.2) is 4.39 Å². The zero-order chi connectivity index (χ0) is 13.8. The Bertz CT molecular complexity index is 417. The van der Waals surface area contributed by atoms with E-state index >= 15 is 0 Å². The van der Waals surface area contributed by atoms with Crippen molar-refractivity contribution < 1.29 is 9.13 Å². The van der Waals surface area contributed by atoms with Gasteiger partial charge in [-0.15, -0.1) is 0 Å². The minimum atomic E-state index is -0.267. The van der Waals surface area contributed by atoms with E-state index in [-0.39, 0.29) is 11.9 Å². The molecule has 0 radical (unpaired) electrons. The second-order valence-electron chi connectivity index (χ2n) is 5.28. The molecule has 1 saturated heterocycles. The van der Waals surface area contributed by atoms with Gasteiger partial charge in [0.15, 0.2) is 11.6 Å². The summed E-state index contributed by atoms with van der Waals surface area (Å²) in [5, 5.41) is 3.38.